The highest BCUT2D eigenvalue weighted by atomic mass is 16.4. The molecule has 0 bridgehead atoms. The number of carboxylic acid groups (broad SMARTS) is 1. The predicted octanol–water partition coefficient (Wildman–Crippen LogP) is 2.77. The summed E-state index contributed by atoms with van der Waals surface area (Å²) < 4.78 is 2.02. The fraction of sp³-hybridized carbons (Fsp3) is 0.250. The van der Waals surface area contributed by atoms with Crippen molar-refractivity contribution in [1.82, 2.24) is 19.7 Å². The van der Waals surface area contributed by atoms with E-state index in [-0.39, 0.29) is 17.3 Å². The number of benzene rings is 1. The lowest BCUT2D eigenvalue weighted by Gasteiger charge is -2.17. The summed E-state index contributed by atoms with van der Waals surface area (Å²) in [7, 11) is 2.09. The fourth-order valence-corrected chi connectivity index (χ4v) is 3.75. The largest absolute Gasteiger partial charge is 0.478 e. The van der Waals surface area contributed by atoms with Gasteiger partial charge in [-0.15, -0.1) is 0 Å². The van der Waals surface area contributed by atoms with E-state index in [9.17, 15) is 9.90 Å². The number of hydrogen-bond acceptors (Lipinski definition) is 5. The molecule has 1 aromatic carbocycles. The van der Waals surface area contributed by atoms with E-state index in [4.69, 9.17) is 5.73 Å². The number of rotatable bonds is 4. The second-order valence-electron chi connectivity index (χ2n) is 6.88. The molecule has 1 aliphatic rings. The van der Waals surface area contributed by atoms with Crippen LogP contribution in [-0.4, -0.2) is 50.9 Å². The summed E-state index contributed by atoms with van der Waals surface area (Å²) in [6, 6.07) is 10.1. The first-order valence-corrected chi connectivity index (χ1v) is 8.85. The number of carboxylic acids is 1. The quantitative estimate of drug-likeness (QED) is 0.740. The van der Waals surface area contributed by atoms with Crippen molar-refractivity contribution in [3.05, 3.63) is 54.5 Å². The summed E-state index contributed by atoms with van der Waals surface area (Å²) in [5.41, 5.74) is 9.22. The van der Waals surface area contributed by atoms with Crippen LogP contribution >= 0.6 is 0 Å². The van der Waals surface area contributed by atoms with Crippen LogP contribution in [0.25, 0.3) is 22.4 Å². The first-order valence-electron chi connectivity index (χ1n) is 8.85. The van der Waals surface area contributed by atoms with Crippen LogP contribution in [0.15, 0.2) is 48.9 Å². The molecule has 7 heteroatoms. The number of nitrogen functional groups attached to an aromatic ring is 1. The van der Waals surface area contributed by atoms with Crippen LogP contribution in [0.1, 0.15) is 22.8 Å². The van der Waals surface area contributed by atoms with Crippen molar-refractivity contribution in [3.63, 3.8) is 0 Å². The third kappa shape index (κ3) is 3.06. The molecule has 1 saturated heterocycles. The van der Waals surface area contributed by atoms with Crippen molar-refractivity contribution in [2.45, 2.75) is 12.5 Å². The van der Waals surface area contributed by atoms with Crippen LogP contribution in [0.4, 0.5) is 5.69 Å². The molecule has 0 radical (unpaired) electrons. The molecule has 3 heterocycles. The number of nitrogens with two attached hydrogens (primary N) is 1. The molecule has 3 N–H and O–H groups in total. The predicted molar refractivity (Wildman–Crippen MR) is 103 cm³/mol. The Bertz CT molecular complexity index is 983. The molecule has 0 saturated carbocycles. The number of pyridine rings is 1. The van der Waals surface area contributed by atoms with E-state index in [0.29, 0.717) is 5.56 Å². The van der Waals surface area contributed by atoms with E-state index in [1.165, 1.54) is 6.20 Å². The van der Waals surface area contributed by atoms with Gasteiger partial charge in [-0.3, -0.25) is 9.67 Å². The lowest BCUT2D eigenvalue weighted by Crippen LogP contribution is -2.17. The molecule has 3 aromatic rings. The van der Waals surface area contributed by atoms with Crippen molar-refractivity contribution in [1.29, 1.82) is 0 Å². The van der Waals surface area contributed by atoms with Gasteiger partial charge >= 0.3 is 5.97 Å². The number of nitrogens with zero attached hydrogens (tertiary/aromatic N) is 4. The van der Waals surface area contributed by atoms with Crippen LogP contribution in [0.2, 0.25) is 0 Å². The average Bonchev–Trinajstić information content (AvgIpc) is 3.28. The maximum Gasteiger partial charge on any atom is 0.338 e. The average molecular weight is 363 g/mol. The van der Waals surface area contributed by atoms with Crippen molar-refractivity contribution >= 4 is 11.7 Å². The van der Waals surface area contributed by atoms with Gasteiger partial charge in [0.1, 0.15) is 0 Å². The van der Waals surface area contributed by atoms with Gasteiger partial charge in [-0.05, 0) is 20.0 Å². The minimum absolute atomic E-state index is 0.0604. The van der Waals surface area contributed by atoms with Crippen molar-refractivity contribution < 1.29 is 9.90 Å². The van der Waals surface area contributed by atoms with E-state index >= 15 is 0 Å². The van der Waals surface area contributed by atoms with Crippen LogP contribution in [0.5, 0.6) is 0 Å². The Labute approximate surface area is 157 Å². The summed E-state index contributed by atoms with van der Waals surface area (Å²) >= 11 is 0. The highest BCUT2D eigenvalue weighted by Gasteiger charge is 2.28. The molecule has 7 nitrogen and oxygen atoms in total. The zero-order chi connectivity index (χ0) is 19.0. The van der Waals surface area contributed by atoms with Gasteiger partial charge in [0.2, 0.25) is 0 Å². The van der Waals surface area contributed by atoms with E-state index in [0.717, 1.165) is 36.3 Å². The van der Waals surface area contributed by atoms with Crippen LogP contribution in [0, 0.1) is 0 Å². The number of hydrogen-bond donors (Lipinski definition) is 2. The third-order valence-corrected chi connectivity index (χ3v) is 5.03. The second kappa shape index (κ2) is 6.85. The molecule has 1 atom stereocenters. The van der Waals surface area contributed by atoms with E-state index in [1.54, 1.807) is 12.4 Å². The summed E-state index contributed by atoms with van der Waals surface area (Å²) in [4.78, 5) is 18.2. The standard InChI is InChI=1S/C20H21N5O2/c1-24-8-7-14(12-24)25-19(13-5-3-2-4-6-13)16(10-23-25)15-9-22-11-17(21)18(15)20(26)27/h2-6,9-11,14H,7-8,12,21H2,1H3,(H,26,27). The maximum atomic E-state index is 11.8. The Hall–Kier alpha value is -3.19. The molecule has 4 rings (SSSR count). The van der Waals surface area contributed by atoms with Gasteiger partial charge in [0.05, 0.1) is 35.4 Å². The minimum Gasteiger partial charge on any atom is -0.478 e. The van der Waals surface area contributed by atoms with Crippen molar-refractivity contribution in [2.75, 3.05) is 25.9 Å². The van der Waals surface area contributed by atoms with E-state index in [1.807, 2.05) is 35.0 Å². The lowest BCUT2D eigenvalue weighted by atomic mass is 9.98. The number of aromatic carboxylic acids is 1. The summed E-state index contributed by atoms with van der Waals surface area (Å²) in [6.45, 7) is 1.91. The Kier molecular flexibility index (Phi) is 4.37. The molecule has 0 aliphatic carbocycles. The third-order valence-electron chi connectivity index (χ3n) is 5.03. The Morgan fingerprint density at radius 3 is 2.63 bits per heavy atom. The van der Waals surface area contributed by atoms with Crippen LogP contribution < -0.4 is 5.73 Å². The van der Waals surface area contributed by atoms with Gasteiger partial charge in [0, 0.05) is 29.4 Å². The van der Waals surface area contributed by atoms with Gasteiger partial charge in [-0.1, -0.05) is 30.3 Å². The fourth-order valence-electron chi connectivity index (χ4n) is 3.75. The number of anilines is 1. The number of likely N-dealkylation sites (tertiary alicyclic amines) is 1. The monoisotopic (exact) mass is 363 g/mol. The highest BCUT2D eigenvalue weighted by molar-refractivity contribution is 6.02. The molecular weight excluding hydrogens is 342 g/mol. The lowest BCUT2D eigenvalue weighted by molar-refractivity contribution is 0.0699. The Balaban J connectivity index is 1.94. The molecule has 2 aromatic heterocycles. The zero-order valence-electron chi connectivity index (χ0n) is 15.0. The van der Waals surface area contributed by atoms with Gasteiger partial charge in [0.25, 0.3) is 0 Å². The molecule has 138 valence electrons. The Morgan fingerprint density at radius 2 is 1.96 bits per heavy atom. The summed E-state index contributed by atoms with van der Waals surface area (Å²) in [6.07, 6.45) is 5.64. The van der Waals surface area contributed by atoms with Gasteiger partial charge in [-0.25, -0.2) is 4.79 Å². The second-order valence-corrected chi connectivity index (χ2v) is 6.88. The molecule has 27 heavy (non-hydrogen) atoms. The minimum atomic E-state index is -1.07. The molecule has 1 aliphatic heterocycles. The SMILES string of the molecule is CN1CCC(n2ncc(-c3cncc(N)c3C(=O)O)c2-c2ccccc2)C1. The first kappa shape index (κ1) is 17.2. The van der Waals surface area contributed by atoms with Crippen molar-refractivity contribution in [2.24, 2.45) is 0 Å². The molecule has 0 amide bonds. The molecule has 1 unspecified atom stereocenters. The van der Waals surface area contributed by atoms with E-state index in [2.05, 4.69) is 22.0 Å². The normalized spacial score (nSPS) is 17.3. The molecular formula is C20H21N5O2. The van der Waals surface area contributed by atoms with Crippen LogP contribution in [-0.2, 0) is 0 Å². The zero-order valence-corrected chi connectivity index (χ0v) is 15.0. The van der Waals surface area contributed by atoms with Gasteiger partial charge in [0.15, 0.2) is 0 Å². The van der Waals surface area contributed by atoms with Crippen molar-refractivity contribution in [3.8, 4) is 22.4 Å². The molecule has 0 spiro atoms. The van der Waals surface area contributed by atoms with Crippen LogP contribution in [0.3, 0.4) is 0 Å². The number of aromatic nitrogens is 3. The van der Waals surface area contributed by atoms with Gasteiger partial charge in [-0.2, -0.15) is 5.10 Å². The summed E-state index contributed by atoms with van der Waals surface area (Å²) in [5, 5.41) is 14.3. The topological polar surface area (TPSA) is 97.3 Å². The number of carbonyl (C=O) groups is 1. The highest BCUT2D eigenvalue weighted by Crippen LogP contribution is 2.38. The summed E-state index contributed by atoms with van der Waals surface area (Å²) in [5.74, 6) is -1.07. The smallest absolute Gasteiger partial charge is 0.338 e. The first-order chi connectivity index (χ1) is 13.1. The van der Waals surface area contributed by atoms with Gasteiger partial charge < -0.3 is 15.7 Å². The Morgan fingerprint density at radius 1 is 1.19 bits per heavy atom. The van der Waals surface area contributed by atoms with E-state index < -0.39 is 5.97 Å². The number of likely N-dealkylation sites (N-methyl/N-ethyl adjacent to an activating group) is 1. The maximum absolute atomic E-state index is 11.8. The molecule has 1 fully saturated rings.